The third kappa shape index (κ3) is 3.54. The van der Waals surface area contributed by atoms with Crippen molar-refractivity contribution in [2.75, 3.05) is 11.5 Å². The summed E-state index contributed by atoms with van der Waals surface area (Å²) in [5.41, 5.74) is 7.08. The van der Waals surface area contributed by atoms with Gasteiger partial charge in [0, 0.05) is 22.6 Å². The number of benzene rings is 1. The lowest BCUT2D eigenvalue weighted by Gasteiger charge is -2.07. The Hall–Kier alpha value is -1.40. The topological polar surface area (TPSA) is 73.1 Å². The van der Waals surface area contributed by atoms with Gasteiger partial charge in [0.1, 0.15) is 0 Å². The quantitative estimate of drug-likeness (QED) is 0.867. The van der Waals surface area contributed by atoms with Gasteiger partial charge in [-0.15, -0.1) is 0 Å². The van der Waals surface area contributed by atoms with Crippen LogP contribution in [0.4, 0.5) is 5.69 Å². The second kappa shape index (κ2) is 5.71. The molecule has 0 aliphatic carbocycles. The highest BCUT2D eigenvalue weighted by Crippen LogP contribution is 2.25. The molecule has 0 atom stereocenters. The molecular formula is C13H13BrN2O2S. The standard InChI is InChI=1S/C13H13BrN2O2S/c14-12-9-11(15)1-2-13(12)19(17,18)8-5-10-3-6-16-7-4-10/h1-4,6-7,9H,5,8,15H2. The predicted octanol–water partition coefficient (Wildman–Crippen LogP) is 2.44. The van der Waals surface area contributed by atoms with Gasteiger partial charge in [0.15, 0.2) is 9.84 Å². The highest BCUT2D eigenvalue weighted by molar-refractivity contribution is 9.10. The third-order valence-electron chi connectivity index (χ3n) is 2.70. The molecular weight excluding hydrogens is 328 g/mol. The molecule has 0 fully saturated rings. The number of aromatic nitrogens is 1. The normalized spacial score (nSPS) is 11.4. The van der Waals surface area contributed by atoms with Crippen molar-refractivity contribution in [2.45, 2.75) is 11.3 Å². The molecule has 0 unspecified atom stereocenters. The van der Waals surface area contributed by atoms with E-state index in [4.69, 9.17) is 5.73 Å². The minimum absolute atomic E-state index is 0.0551. The summed E-state index contributed by atoms with van der Waals surface area (Å²) in [5.74, 6) is 0.0551. The van der Waals surface area contributed by atoms with Gasteiger partial charge in [-0.3, -0.25) is 4.98 Å². The van der Waals surface area contributed by atoms with Crippen LogP contribution in [0.3, 0.4) is 0 Å². The van der Waals surface area contributed by atoms with E-state index in [0.29, 0.717) is 16.6 Å². The Morgan fingerprint density at radius 2 is 1.84 bits per heavy atom. The van der Waals surface area contributed by atoms with Crippen LogP contribution in [0.1, 0.15) is 5.56 Å². The predicted molar refractivity (Wildman–Crippen MR) is 78.5 cm³/mol. The highest BCUT2D eigenvalue weighted by Gasteiger charge is 2.17. The summed E-state index contributed by atoms with van der Waals surface area (Å²) in [7, 11) is -3.33. The van der Waals surface area contributed by atoms with Gasteiger partial charge in [0.25, 0.3) is 0 Å². The molecule has 0 aliphatic rings. The van der Waals surface area contributed by atoms with E-state index < -0.39 is 9.84 Å². The van der Waals surface area contributed by atoms with Crippen LogP contribution in [0, 0.1) is 0 Å². The van der Waals surface area contributed by atoms with E-state index in [0.717, 1.165) is 5.56 Å². The van der Waals surface area contributed by atoms with Gasteiger partial charge in [0.05, 0.1) is 10.6 Å². The number of rotatable bonds is 4. The van der Waals surface area contributed by atoms with Gasteiger partial charge in [-0.05, 0) is 58.2 Å². The minimum Gasteiger partial charge on any atom is -0.399 e. The number of nitrogens with zero attached hydrogens (tertiary/aromatic N) is 1. The maximum Gasteiger partial charge on any atom is 0.179 e. The molecule has 0 saturated heterocycles. The maximum atomic E-state index is 12.3. The fourth-order valence-electron chi connectivity index (χ4n) is 1.68. The number of anilines is 1. The smallest absolute Gasteiger partial charge is 0.179 e. The Morgan fingerprint density at radius 1 is 1.16 bits per heavy atom. The molecule has 1 aromatic carbocycles. The first kappa shape index (κ1) is 14.0. The number of pyridine rings is 1. The second-order valence-electron chi connectivity index (χ2n) is 4.11. The van der Waals surface area contributed by atoms with E-state index >= 15 is 0 Å². The SMILES string of the molecule is Nc1ccc(S(=O)(=O)CCc2ccncc2)c(Br)c1. The average molecular weight is 341 g/mol. The van der Waals surface area contributed by atoms with E-state index in [1.807, 2.05) is 12.1 Å². The fraction of sp³-hybridized carbons (Fsp3) is 0.154. The molecule has 0 radical (unpaired) electrons. The summed E-state index contributed by atoms with van der Waals surface area (Å²) in [4.78, 5) is 4.17. The van der Waals surface area contributed by atoms with Gasteiger partial charge in [-0.2, -0.15) is 0 Å². The number of hydrogen-bond acceptors (Lipinski definition) is 4. The maximum absolute atomic E-state index is 12.3. The summed E-state index contributed by atoms with van der Waals surface area (Å²) in [6.07, 6.45) is 3.77. The minimum atomic E-state index is -3.33. The molecule has 6 heteroatoms. The lowest BCUT2D eigenvalue weighted by molar-refractivity contribution is 0.595. The van der Waals surface area contributed by atoms with E-state index in [-0.39, 0.29) is 10.6 Å². The molecule has 0 saturated carbocycles. The summed E-state index contributed by atoms with van der Waals surface area (Å²) >= 11 is 3.24. The molecule has 2 rings (SSSR count). The van der Waals surface area contributed by atoms with E-state index in [2.05, 4.69) is 20.9 Å². The monoisotopic (exact) mass is 340 g/mol. The van der Waals surface area contributed by atoms with E-state index in [9.17, 15) is 8.42 Å². The zero-order valence-corrected chi connectivity index (χ0v) is 12.5. The van der Waals surface area contributed by atoms with Crippen molar-refractivity contribution in [1.29, 1.82) is 0 Å². The Bertz CT molecular complexity index is 672. The number of aryl methyl sites for hydroxylation is 1. The summed E-state index contributed by atoms with van der Waals surface area (Å²) < 4.78 is 25.0. The molecule has 1 aromatic heterocycles. The van der Waals surface area contributed by atoms with E-state index in [1.165, 1.54) is 6.07 Å². The summed E-state index contributed by atoms with van der Waals surface area (Å²) in [6.45, 7) is 0. The number of nitrogens with two attached hydrogens (primary N) is 1. The Morgan fingerprint density at radius 3 is 2.47 bits per heavy atom. The van der Waals surface area contributed by atoms with Crippen LogP contribution < -0.4 is 5.73 Å². The number of sulfone groups is 1. The number of halogens is 1. The van der Waals surface area contributed by atoms with Gasteiger partial charge in [-0.25, -0.2) is 8.42 Å². The largest absolute Gasteiger partial charge is 0.399 e. The third-order valence-corrected chi connectivity index (χ3v) is 5.39. The first-order valence-electron chi connectivity index (χ1n) is 5.66. The van der Waals surface area contributed by atoms with Crippen LogP contribution in [-0.4, -0.2) is 19.2 Å². The number of hydrogen-bond donors (Lipinski definition) is 1. The van der Waals surface area contributed by atoms with E-state index in [1.54, 1.807) is 24.5 Å². The first-order valence-corrected chi connectivity index (χ1v) is 8.10. The molecule has 0 amide bonds. The van der Waals surface area contributed by atoms with Gasteiger partial charge >= 0.3 is 0 Å². The Balaban J connectivity index is 2.19. The van der Waals surface area contributed by atoms with Crippen LogP contribution in [0.25, 0.3) is 0 Å². The van der Waals surface area contributed by atoms with Crippen LogP contribution in [-0.2, 0) is 16.3 Å². The number of nitrogen functional groups attached to an aromatic ring is 1. The molecule has 1 heterocycles. The Labute approximate surface area is 120 Å². The van der Waals surface area contributed by atoms with Crippen molar-refractivity contribution >= 4 is 31.5 Å². The highest BCUT2D eigenvalue weighted by atomic mass is 79.9. The fourth-order valence-corrected chi connectivity index (χ4v) is 4.17. The van der Waals surface area contributed by atoms with Crippen molar-refractivity contribution < 1.29 is 8.42 Å². The second-order valence-corrected chi connectivity index (χ2v) is 7.05. The molecule has 4 nitrogen and oxygen atoms in total. The van der Waals surface area contributed by atoms with Crippen LogP contribution in [0.2, 0.25) is 0 Å². The van der Waals surface area contributed by atoms with Crippen LogP contribution in [0.15, 0.2) is 52.1 Å². The van der Waals surface area contributed by atoms with Crippen molar-refractivity contribution in [1.82, 2.24) is 4.98 Å². The molecule has 0 spiro atoms. The first-order chi connectivity index (χ1) is 8.99. The lowest BCUT2D eigenvalue weighted by Crippen LogP contribution is -2.10. The zero-order chi connectivity index (χ0) is 13.9. The molecule has 0 bridgehead atoms. The van der Waals surface area contributed by atoms with Gasteiger partial charge in [-0.1, -0.05) is 0 Å². The summed E-state index contributed by atoms with van der Waals surface area (Å²) in [5, 5.41) is 0. The molecule has 19 heavy (non-hydrogen) atoms. The van der Waals surface area contributed by atoms with Crippen LogP contribution in [0.5, 0.6) is 0 Å². The molecule has 2 N–H and O–H groups in total. The zero-order valence-electron chi connectivity index (χ0n) is 10.1. The van der Waals surface area contributed by atoms with Gasteiger partial charge < -0.3 is 5.73 Å². The average Bonchev–Trinajstić information content (AvgIpc) is 2.37. The van der Waals surface area contributed by atoms with Crippen LogP contribution >= 0.6 is 15.9 Å². The van der Waals surface area contributed by atoms with Gasteiger partial charge in [0.2, 0.25) is 0 Å². The molecule has 100 valence electrons. The van der Waals surface area contributed by atoms with Crippen molar-refractivity contribution in [2.24, 2.45) is 0 Å². The summed E-state index contributed by atoms with van der Waals surface area (Å²) in [6, 6.07) is 8.34. The molecule has 0 aliphatic heterocycles. The molecule has 2 aromatic rings. The van der Waals surface area contributed by atoms with Crippen molar-refractivity contribution in [3.05, 3.63) is 52.8 Å². The van der Waals surface area contributed by atoms with Crippen molar-refractivity contribution in [3.63, 3.8) is 0 Å². The van der Waals surface area contributed by atoms with Crippen molar-refractivity contribution in [3.8, 4) is 0 Å². The lowest BCUT2D eigenvalue weighted by atomic mass is 10.2. The Kier molecular flexibility index (Phi) is 4.21.